The van der Waals surface area contributed by atoms with Crippen LogP contribution < -0.4 is 5.73 Å². The molecule has 1 aromatic carbocycles. The fourth-order valence-corrected chi connectivity index (χ4v) is 2.85. The lowest BCUT2D eigenvalue weighted by atomic mass is 10.0. The lowest BCUT2D eigenvalue weighted by molar-refractivity contribution is 0.0998. The smallest absolute Gasteiger partial charge is 0.252 e. The molecule has 5 nitrogen and oxygen atoms in total. The normalized spacial score (nSPS) is 15.0. The average Bonchev–Trinajstić information content (AvgIpc) is 2.80. The van der Waals surface area contributed by atoms with E-state index < -0.39 is 5.91 Å². The molecule has 0 bridgehead atoms. The number of amides is 1. The quantitative estimate of drug-likeness (QED) is 0.922. The fourth-order valence-electron chi connectivity index (χ4n) is 2.55. The Morgan fingerprint density at radius 1 is 1.29 bits per heavy atom. The van der Waals surface area contributed by atoms with Gasteiger partial charge in [0.15, 0.2) is 0 Å². The van der Waals surface area contributed by atoms with E-state index >= 15 is 0 Å². The molecule has 1 amide bonds. The first-order valence-corrected chi connectivity index (χ1v) is 7.26. The van der Waals surface area contributed by atoms with Crippen LogP contribution in [0.1, 0.15) is 16.1 Å². The summed E-state index contributed by atoms with van der Waals surface area (Å²) in [7, 11) is 2.00. The van der Waals surface area contributed by atoms with E-state index in [2.05, 4.69) is 10.00 Å². The highest BCUT2D eigenvalue weighted by atomic mass is 35.5. The number of fused-ring (bicyclic) bond motifs is 1. The number of aromatic nitrogens is 2. The number of carbonyl (C=O) groups is 1. The Bertz CT molecular complexity index is 726. The Hall–Kier alpha value is -1.56. The van der Waals surface area contributed by atoms with Gasteiger partial charge in [-0.2, -0.15) is 5.10 Å². The van der Waals surface area contributed by atoms with Gasteiger partial charge in [0.05, 0.1) is 27.8 Å². The molecule has 0 unspecified atom stereocenters. The molecule has 1 aliphatic heterocycles. The molecule has 7 heteroatoms. The Morgan fingerprint density at radius 3 is 2.71 bits per heavy atom. The van der Waals surface area contributed by atoms with Crippen molar-refractivity contribution in [2.24, 2.45) is 5.73 Å². The van der Waals surface area contributed by atoms with Crippen LogP contribution in [0.15, 0.2) is 18.2 Å². The summed E-state index contributed by atoms with van der Waals surface area (Å²) in [6.07, 6.45) is 0. The Balaban J connectivity index is 2.18. The van der Waals surface area contributed by atoms with Crippen LogP contribution in [0.2, 0.25) is 10.0 Å². The number of rotatable bonds is 2. The van der Waals surface area contributed by atoms with Crippen LogP contribution in [0.5, 0.6) is 0 Å². The maximum Gasteiger partial charge on any atom is 0.252 e. The Kier molecular flexibility index (Phi) is 3.65. The molecule has 0 atom stereocenters. The van der Waals surface area contributed by atoms with Gasteiger partial charge in [0.2, 0.25) is 0 Å². The van der Waals surface area contributed by atoms with Gasteiger partial charge < -0.3 is 5.73 Å². The second-order valence-electron chi connectivity index (χ2n) is 5.12. The number of carbonyl (C=O) groups excluding carboxylic acids is 1. The largest absolute Gasteiger partial charge is 0.365 e. The fraction of sp³-hybridized carbons (Fsp3) is 0.286. The molecule has 0 radical (unpaired) electrons. The summed E-state index contributed by atoms with van der Waals surface area (Å²) < 4.78 is 1.85. The van der Waals surface area contributed by atoms with Crippen molar-refractivity contribution in [3.05, 3.63) is 39.5 Å². The van der Waals surface area contributed by atoms with Gasteiger partial charge in [0.1, 0.15) is 5.69 Å². The molecule has 1 aromatic heterocycles. The van der Waals surface area contributed by atoms with E-state index in [9.17, 15) is 4.79 Å². The van der Waals surface area contributed by atoms with Crippen LogP contribution in [0.3, 0.4) is 0 Å². The Labute approximate surface area is 132 Å². The zero-order valence-electron chi connectivity index (χ0n) is 11.4. The van der Waals surface area contributed by atoms with Crippen molar-refractivity contribution >= 4 is 29.1 Å². The van der Waals surface area contributed by atoms with Crippen molar-refractivity contribution in [2.75, 3.05) is 13.6 Å². The molecule has 3 rings (SSSR count). The average molecular weight is 325 g/mol. The molecule has 0 aliphatic carbocycles. The SMILES string of the molecule is CN1CCn2nc(-c3ccc(Cl)c(Cl)c3)c(C(N)=O)c2C1. The highest BCUT2D eigenvalue weighted by molar-refractivity contribution is 6.42. The van der Waals surface area contributed by atoms with Crippen LogP contribution in [-0.4, -0.2) is 34.2 Å². The zero-order valence-corrected chi connectivity index (χ0v) is 12.9. The molecule has 2 aromatic rings. The van der Waals surface area contributed by atoms with Crippen molar-refractivity contribution in [1.82, 2.24) is 14.7 Å². The van der Waals surface area contributed by atoms with E-state index in [1.165, 1.54) is 0 Å². The summed E-state index contributed by atoms with van der Waals surface area (Å²) in [6, 6.07) is 5.18. The van der Waals surface area contributed by atoms with E-state index in [0.717, 1.165) is 24.3 Å². The number of nitrogens with zero attached hydrogens (tertiary/aromatic N) is 3. The Morgan fingerprint density at radius 2 is 2.05 bits per heavy atom. The molecule has 0 saturated heterocycles. The summed E-state index contributed by atoms with van der Waals surface area (Å²) in [5.74, 6) is -0.479. The first-order chi connectivity index (χ1) is 9.97. The lowest BCUT2D eigenvalue weighted by Crippen LogP contribution is -2.32. The monoisotopic (exact) mass is 324 g/mol. The first-order valence-electron chi connectivity index (χ1n) is 6.51. The molecule has 110 valence electrons. The molecule has 0 fully saturated rings. The molecule has 21 heavy (non-hydrogen) atoms. The third-order valence-corrected chi connectivity index (χ3v) is 4.35. The van der Waals surface area contributed by atoms with Gasteiger partial charge in [0.25, 0.3) is 5.91 Å². The van der Waals surface area contributed by atoms with Crippen LogP contribution in [0.25, 0.3) is 11.3 Å². The van der Waals surface area contributed by atoms with Crippen molar-refractivity contribution in [2.45, 2.75) is 13.1 Å². The molecule has 1 aliphatic rings. The van der Waals surface area contributed by atoms with E-state index in [-0.39, 0.29) is 0 Å². The summed E-state index contributed by atoms with van der Waals surface area (Å²) in [5.41, 5.74) is 8.17. The van der Waals surface area contributed by atoms with Gasteiger partial charge in [-0.15, -0.1) is 0 Å². The minimum atomic E-state index is -0.479. The number of hydrogen-bond acceptors (Lipinski definition) is 3. The highest BCUT2D eigenvalue weighted by Crippen LogP contribution is 2.32. The summed E-state index contributed by atoms with van der Waals surface area (Å²) in [4.78, 5) is 14.0. The number of benzene rings is 1. The van der Waals surface area contributed by atoms with Gasteiger partial charge in [-0.25, -0.2) is 0 Å². The van der Waals surface area contributed by atoms with Crippen molar-refractivity contribution in [3.63, 3.8) is 0 Å². The second kappa shape index (κ2) is 5.33. The number of likely N-dealkylation sites (N-methyl/N-ethyl adjacent to an activating group) is 1. The first kappa shape index (κ1) is 14.4. The van der Waals surface area contributed by atoms with E-state index in [4.69, 9.17) is 28.9 Å². The van der Waals surface area contributed by atoms with E-state index in [0.29, 0.717) is 27.8 Å². The van der Waals surface area contributed by atoms with Gasteiger partial charge >= 0.3 is 0 Å². The highest BCUT2D eigenvalue weighted by Gasteiger charge is 2.26. The number of primary amides is 1. The lowest BCUT2D eigenvalue weighted by Gasteiger charge is -2.23. The van der Waals surface area contributed by atoms with Crippen LogP contribution in [0, 0.1) is 0 Å². The number of halogens is 2. The molecule has 2 N–H and O–H groups in total. The maximum absolute atomic E-state index is 11.9. The topological polar surface area (TPSA) is 64.2 Å². The van der Waals surface area contributed by atoms with Gasteiger partial charge in [-0.1, -0.05) is 29.3 Å². The van der Waals surface area contributed by atoms with E-state index in [1.54, 1.807) is 18.2 Å². The number of hydrogen-bond donors (Lipinski definition) is 1. The van der Waals surface area contributed by atoms with Crippen LogP contribution >= 0.6 is 23.2 Å². The van der Waals surface area contributed by atoms with Crippen molar-refractivity contribution < 1.29 is 4.79 Å². The molecule has 0 spiro atoms. The van der Waals surface area contributed by atoms with Gasteiger partial charge in [0, 0.05) is 18.7 Å². The molecular formula is C14H14Cl2N4O. The maximum atomic E-state index is 11.9. The zero-order chi connectivity index (χ0) is 15.1. The van der Waals surface area contributed by atoms with Crippen LogP contribution in [0.4, 0.5) is 0 Å². The standard InChI is InChI=1S/C14H14Cl2N4O/c1-19-4-5-20-11(7-19)12(14(17)21)13(18-20)8-2-3-9(15)10(16)6-8/h2-3,6H,4-5,7H2,1H3,(H2,17,21). The van der Waals surface area contributed by atoms with Crippen molar-refractivity contribution in [3.8, 4) is 11.3 Å². The van der Waals surface area contributed by atoms with E-state index in [1.807, 2.05) is 11.7 Å². The summed E-state index contributed by atoms with van der Waals surface area (Å²) in [6.45, 7) is 2.26. The predicted octanol–water partition coefficient (Wildman–Crippen LogP) is 2.40. The molecule has 0 saturated carbocycles. The van der Waals surface area contributed by atoms with Gasteiger partial charge in [-0.05, 0) is 19.2 Å². The molecular weight excluding hydrogens is 311 g/mol. The number of nitrogens with two attached hydrogens (primary N) is 1. The second-order valence-corrected chi connectivity index (χ2v) is 5.94. The summed E-state index contributed by atoms with van der Waals surface area (Å²) >= 11 is 12.0. The molecule has 2 heterocycles. The van der Waals surface area contributed by atoms with Gasteiger partial charge in [-0.3, -0.25) is 14.4 Å². The van der Waals surface area contributed by atoms with Crippen LogP contribution in [-0.2, 0) is 13.1 Å². The third kappa shape index (κ3) is 2.52. The minimum absolute atomic E-state index is 0.424. The minimum Gasteiger partial charge on any atom is -0.365 e. The summed E-state index contributed by atoms with van der Waals surface area (Å²) in [5, 5.41) is 5.42. The predicted molar refractivity (Wildman–Crippen MR) is 82.5 cm³/mol. The van der Waals surface area contributed by atoms with Crippen molar-refractivity contribution in [1.29, 1.82) is 0 Å². The third-order valence-electron chi connectivity index (χ3n) is 3.61.